The van der Waals surface area contributed by atoms with Crippen molar-refractivity contribution < 1.29 is 4.79 Å². The number of anilines is 1. The standard InChI is InChI=1S/C16H25N3O/c1-2-19(15-11-7-6-8-13(15)12-17)16(20)18-14-9-4-3-5-10-14/h3-5,9-10,13,15H,2,6-8,11-12,17H2,1H3,(H,18,20). The molecule has 1 aliphatic carbocycles. The highest BCUT2D eigenvalue weighted by Gasteiger charge is 2.31. The minimum Gasteiger partial charge on any atom is -0.330 e. The third kappa shape index (κ3) is 3.51. The third-order valence-electron chi connectivity index (χ3n) is 4.20. The maximum Gasteiger partial charge on any atom is 0.322 e. The summed E-state index contributed by atoms with van der Waals surface area (Å²) >= 11 is 0. The molecule has 2 rings (SSSR count). The Morgan fingerprint density at radius 2 is 2.00 bits per heavy atom. The maximum atomic E-state index is 12.5. The highest BCUT2D eigenvalue weighted by molar-refractivity contribution is 5.89. The number of urea groups is 1. The Bertz CT molecular complexity index is 421. The number of hydrogen-bond acceptors (Lipinski definition) is 2. The molecule has 2 atom stereocenters. The van der Waals surface area contributed by atoms with Crippen molar-refractivity contribution in [2.75, 3.05) is 18.4 Å². The zero-order valence-electron chi connectivity index (χ0n) is 12.2. The quantitative estimate of drug-likeness (QED) is 0.887. The van der Waals surface area contributed by atoms with Gasteiger partial charge in [-0.25, -0.2) is 4.79 Å². The largest absolute Gasteiger partial charge is 0.330 e. The number of nitrogens with zero attached hydrogens (tertiary/aromatic N) is 1. The molecular formula is C16H25N3O. The van der Waals surface area contributed by atoms with Gasteiger partial charge < -0.3 is 16.0 Å². The van der Waals surface area contributed by atoms with E-state index in [1.807, 2.05) is 42.2 Å². The van der Waals surface area contributed by atoms with E-state index < -0.39 is 0 Å². The Balaban J connectivity index is 2.04. The molecule has 4 nitrogen and oxygen atoms in total. The van der Waals surface area contributed by atoms with Crippen LogP contribution in [0, 0.1) is 5.92 Å². The van der Waals surface area contributed by atoms with Crippen molar-refractivity contribution in [3.8, 4) is 0 Å². The van der Waals surface area contributed by atoms with Gasteiger partial charge in [0.2, 0.25) is 0 Å². The summed E-state index contributed by atoms with van der Waals surface area (Å²) < 4.78 is 0. The number of nitrogens with two attached hydrogens (primary N) is 1. The van der Waals surface area contributed by atoms with Gasteiger partial charge in [0.05, 0.1) is 0 Å². The molecule has 2 amide bonds. The molecule has 20 heavy (non-hydrogen) atoms. The summed E-state index contributed by atoms with van der Waals surface area (Å²) in [6.45, 7) is 3.42. The van der Waals surface area contributed by atoms with Gasteiger partial charge in [0.1, 0.15) is 0 Å². The van der Waals surface area contributed by atoms with Crippen molar-refractivity contribution in [1.82, 2.24) is 4.90 Å². The van der Waals surface area contributed by atoms with Gasteiger partial charge in [-0.05, 0) is 44.4 Å². The summed E-state index contributed by atoms with van der Waals surface area (Å²) in [7, 11) is 0. The molecule has 0 bridgehead atoms. The van der Waals surface area contributed by atoms with Gasteiger partial charge in [0.25, 0.3) is 0 Å². The van der Waals surface area contributed by atoms with Crippen LogP contribution in [0.4, 0.5) is 10.5 Å². The van der Waals surface area contributed by atoms with E-state index in [1.165, 1.54) is 12.8 Å². The Labute approximate surface area is 121 Å². The second-order valence-corrected chi connectivity index (χ2v) is 5.43. The Morgan fingerprint density at radius 1 is 1.30 bits per heavy atom. The van der Waals surface area contributed by atoms with Crippen molar-refractivity contribution in [1.29, 1.82) is 0 Å². The Hall–Kier alpha value is -1.55. The molecule has 0 saturated heterocycles. The molecule has 0 radical (unpaired) electrons. The van der Waals surface area contributed by atoms with Crippen LogP contribution in [0.3, 0.4) is 0 Å². The number of rotatable bonds is 4. The number of amides is 2. The fourth-order valence-corrected chi connectivity index (χ4v) is 3.12. The first kappa shape index (κ1) is 14.9. The van der Waals surface area contributed by atoms with Gasteiger partial charge in [-0.1, -0.05) is 31.0 Å². The summed E-state index contributed by atoms with van der Waals surface area (Å²) in [6, 6.07) is 9.88. The molecule has 110 valence electrons. The van der Waals surface area contributed by atoms with Gasteiger partial charge in [-0.2, -0.15) is 0 Å². The molecule has 1 aromatic rings. The first-order valence-corrected chi connectivity index (χ1v) is 7.59. The topological polar surface area (TPSA) is 58.4 Å². The second-order valence-electron chi connectivity index (χ2n) is 5.43. The summed E-state index contributed by atoms with van der Waals surface area (Å²) in [6.07, 6.45) is 4.63. The molecule has 0 aromatic heterocycles. The van der Waals surface area contributed by atoms with Crippen LogP contribution in [-0.4, -0.2) is 30.1 Å². The van der Waals surface area contributed by atoms with Gasteiger partial charge >= 0.3 is 6.03 Å². The minimum atomic E-state index is -0.0101. The predicted molar refractivity (Wildman–Crippen MR) is 82.6 cm³/mol. The number of carbonyl (C=O) groups excluding carboxylic acids is 1. The molecule has 1 aromatic carbocycles. The molecule has 1 fully saturated rings. The molecule has 0 heterocycles. The molecule has 3 N–H and O–H groups in total. The molecule has 0 spiro atoms. The SMILES string of the molecule is CCN(C(=O)Nc1ccccc1)C1CCCCC1CN. The molecule has 0 aliphatic heterocycles. The summed E-state index contributed by atoms with van der Waals surface area (Å²) in [5, 5.41) is 2.98. The van der Waals surface area contributed by atoms with Crippen LogP contribution in [0.15, 0.2) is 30.3 Å². The van der Waals surface area contributed by atoms with Crippen molar-refractivity contribution in [2.24, 2.45) is 11.7 Å². The zero-order valence-corrected chi connectivity index (χ0v) is 12.2. The minimum absolute atomic E-state index is 0.0101. The van der Waals surface area contributed by atoms with E-state index in [4.69, 9.17) is 5.73 Å². The third-order valence-corrected chi connectivity index (χ3v) is 4.20. The molecule has 1 saturated carbocycles. The lowest BCUT2D eigenvalue weighted by Gasteiger charge is -2.39. The average molecular weight is 275 g/mol. The van der Waals surface area contributed by atoms with E-state index in [1.54, 1.807) is 0 Å². The first-order chi connectivity index (χ1) is 9.76. The van der Waals surface area contributed by atoms with E-state index in [0.29, 0.717) is 12.5 Å². The summed E-state index contributed by atoms with van der Waals surface area (Å²) in [4.78, 5) is 14.4. The molecule has 2 unspecified atom stereocenters. The van der Waals surface area contributed by atoms with Crippen molar-refractivity contribution in [3.05, 3.63) is 30.3 Å². The summed E-state index contributed by atoms with van der Waals surface area (Å²) in [5.74, 6) is 0.435. The highest BCUT2D eigenvalue weighted by Crippen LogP contribution is 2.28. The van der Waals surface area contributed by atoms with Crippen molar-refractivity contribution in [3.63, 3.8) is 0 Å². The van der Waals surface area contributed by atoms with E-state index >= 15 is 0 Å². The Morgan fingerprint density at radius 3 is 2.65 bits per heavy atom. The second kappa shape index (κ2) is 7.29. The molecule has 1 aliphatic rings. The van der Waals surface area contributed by atoms with Crippen LogP contribution in [0.1, 0.15) is 32.6 Å². The first-order valence-electron chi connectivity index (χ1n) is 7.59. The number of hydrogen-bond donors (Lipinski definition) is 2. The predicted octanol–water partition coefficient (Wildman–Crippen LogP) is 3.06. The fourth-order valence-electron chi connectivity index (χ4n) is 3.12. The van der Waals surface area contributed by atoms with E-state index in [2.05, 4.69) is 5.32 Å². The molecule has 4 heteroatoms. The van der Waals surface area contributed by atoms with Gasteiger partial charge in [0.15, 0.2) is 0 Å². The lowest BCUT2D eigenvalue weighted by atomic mass is 9.83. The van der Waals surface area contributed by atoms with Crippen LogP contribution in [0.2, 0.25) is 0 Å². The van der Waals surface area contributed by atoms with Gasteiger partial charge in [-0.15, -0.1) is 0 Å². The normalized spacial score (nSPS) is 22.3. The number of para-hydroxylation sites is 1. The maximum absolute atomic E-state index is 12.5. The molecular weight excluding hydrogens is 250 g/mol. The zero-order chi connectivity index (χ0) is 14.4. The van der Waals surface area contributed by atoms with Crippen molar-refractivity contribution in [2.45, 2.75) is 38.6 Å². The van der Waals surface area contributed by atoms with Crippen LogP contribution in [-0.2, 0) is 0 Å². The van der Waals surface area contributed by atoms with Gasteiger partial charge in [0, 0.05) is 18.3 Å². The van der Waals surface area contributed by atoms with Crippen LogP contribution in [0.25, 0.3) is 0 Å². The lowest BCUT2D eigenvalue weighted by Crippen LogP contribution is -2.49. The number of benzene rings is 1. The van der Waals surface area contributed by atoms with E-state index in [0.717, 1.165) is 25.1 Å². The van der Waals surface area contributed by atoms with E-state index in [-0.39, 0.29) is 12.1 Å². The average Bonchev–Trinajstić information content (AvgIpc) is 2.49. The van der Waals surface area contributed by atoms with E-state index in [9.17, 15) is 4.79 Å². The number of nitrogens with one attached hydrogen (secondary N) is 1. The number of carbonyl (C=O) groups is 1. The van der Waals surface area contributed by atoms with Gasteiger partial charge in [-0.3, -0.25) is 0 Å². The van der Waals surface area contributed by atoms with Crippen LogP contribution < -0.4 is 11.1 Å². The summed E-state index contributed by atoms with van der Waals surface area (Å²) in [5.41, 5.74) is 6.72. The van der Waals surface area contributed by atoms with Crippen LogP contribution >= 0.6 is 0 Å². The van der Waals surface area contributed by atoms with Crippen LogP contribution in [0.5, 0.6) is 0 Å². The monoisotopic (exact) mass is 275 g/mol. The van der Waals surface area contributed by atoms with Crippen molar-refractivity contribution >= 4 is 11.7 Å². The smallest absolute Gasteiger partial charge is 0.322 e. The lowest BCUT2D eigenvalue weighted by molar-refractivity contribution is 0.135. The Kier molecular flexibility index (Phi) is 5.41. The highest BCUT2D eigenvalue weighted by atomic mass is 16.2. The fraction of sp³-hybridized carbons (Fsp3) is 0.562.